The lowest BCUT2D eigenvalue weighted by molar-refractivity contribution is 0.00646. The highest BCUT2D eigenvalue weighted by molar-refractivity contribution is 9.10. The minimum Gasteiger partial charge on any atom is -0.486 e. The van der Waals surface area contributed by atoms with Crippen LogP contribution in [0.15, 0.2) is 22.7 Å². The fourth-order valence-corrected chi connectivity index (χ4v) is 2.23. The number of para-hydroxylation sites is 1. The summed E-state index contributed by atoms with van der Waals surface area (Å²) < 4.78 is 11.7. The summed E-state index contributed by atoms with van der Waals surface area (Å²) in [5, 5.41) is 9.09. The lowest BCUT2D eigenvalue weighted by Gasteiger charge is -2.24. The molecule has 1 atom stereocenters. The molecule has 1 heterocycles. The van der Waals surface area contributed by atoms with Crippen molar-refractivity contribution in [1.82, 2.24) is 0 Å². The zero-order valence-corrected chi connectivity index (χ0v) is 10.8. The van der Waals surface area contributed by atoms with Crippen LogP contribution in [0.4, 0.5) is 0 Å². The van der Waals surface area contributed by atoms with E-state index in [0.717, 1.165) is 19.4 Å². The minimum atomic E-state index is -0.988. The largest absolute Gasteiger partial charge is 0.486 e. The first-order chi connectivity index (χ1) is 8.18. The van der Waals surface area contributed by atoms with Gasteiger partial charge in [-0.15, -0.1) is 0 Å². The van der Waals surface area contributed by atoms with Gasteiger partial charge in [0.1, 0.15) is 17.4 Å². The number of halogens is 1. The summed E-state index contributed by atoms with van der Waals surface area (Å²) in [7, 11) is 0. The van der Waals surface area contributed by atoms with Crippen LogP contribution in [0.1, 0.15) is 23.2 Å². The Balaban J connectivity index is 2.21. The molecule has 0 saturated carbocycles. The predicted molar refractivity (Wildman–Crippen MR) is 65.6 cm³/mol. The van der Waals surface area contributed by atoms with E-state index in [-0.39, 0.29) is 11.7 Å². The molecule has 1 aromatic rings. The van der Waals surface area contributed by atoms with Crippen molar-refractivity contribution in [3.8, 4) is 5.75 Å². The predicted octanol–water partition coefficient (Wildman–Crippen LogP) is 2.71. The maximum absolute atomic E-state index is 11.1. The maximum atomic E-state index is 11.1. The van der Waals surface area contributed by atoms with Crippen molar-refractivity contribution in [2.45, 2.75) is 18.9 Å². The summed E-state index contributed by atoms with van der Waals surface area (Å²) in [6.07, 6.45) is 1.76. The van der Waals surface area contributed by atoms with Crippen LogP contribution in [0, 0.1) is 0 Å². The first-order valence-electron chi connectivity index (χ1n) is 5.44. The number of carboxylic acid groups (broad SMARTS) is 1. The van der Waals surface area contributed by atoms with Crippen molar-refractivity contribution < 1.29 is 19.4 Å². The number of benzene rings is 1. The van der Waals surface area contributed by atoms with Crippen molar-refractivity contribution in [3.63, 3.8) is 0 Å². The number of carbonyl (C=O) groups is 1. The van der Waals surface area contributed by atoms with Crippen molar-refractivity contribution in [2.24, 2.45) is 0 Å². The molecule has 1 aliphatic rings. The van der Waals surface area contributed by atoms with Crippen LogP contribution >= 0.6 is 15.9 Å². The van der Waals surface area contributed by atoms with Gasteiger partial charge in [-0.3, -0.25) is 0 Å². The van der Waals surface area contributed by atoms with Crippen molar-refractivity contribution in [2.75, 3.05) is 13.2 Å². The SMILES string of the molecule is O=C(O)c1cccc(Br)c1OC1CCCOC1. The molecule has 1 saturated heterocycles. The van der Waals surface area contributed by atoms with Crippen molar-refractivity contribution in [3.05, 3.63) is 28.2 Å². The second-order valence-electron chi connectivity index (χ2n) is 3.88. The molecule has 1 aliphatic heterocycles. The standard InChI is InChI=1S/C12H13BrO4/c13-10-5-1-4-9(12(14)15)11(10)17-8-3-2-6-16-7-8/h1,4-5,8H,2-3,6-7H2,(H,14,15). The van der Waals surface area contributed by atoms with Gasteiger partial charge in [0.15, 0.2) is 0 Å². The van der Waals surface area contributed by atoms with E-state index < -0.39 is 5.97 Å². The average Bonchev–Trinajstić information content (AvgIpc) is 2.33. The number of hydrogen-bond donors (Lipinski definition) is 1. The molecule has 5 heteroatoms. The third kappa shape index (κ3) is 2.98. The van der Waals surface area contributed by atoms with Crippen LogP contribution in [0.5, 0.6) is 5.75 Å². The third-order valence-corrected chi connectivity index (χ3v) is 3.22. The monoisotopic (exact) mass is 300 g/mol. The molecule has 1 N–H and O–H groups in total. The van der Waals surface area contributed by atoms with Crippen molar-refractivity contribution in [1.29, 1.82) is 0 Å². The zero-order valence-electron chi connectivity index (χ0n) is 9.19. The van der Waals surface area contributed by atoms with Gasteiger partial charge < -0.3 is 14.6 Å². The van der Waals surface area contributed by atoms with E-state index in [1.165, 1.54) is 6.07 Å². The number of aromatic carboxylic acids is 1. The Kier molecular flexibility index (Phi) is 4.02. The molecule has 4 nitrogen and oxygen atoms in total. The summed E-state index contributed by atoms with van der Waals surface area (Å²) in [6.45, 7) is 1.27. The summed E-state index contributed by atoms with van der Waals surface area (Å²) in [5.74, 6) is -0.603. The quantitative estimate of drug-likeness (QED) is 0.932. The van der Waals surface area contributed by atoms with E-state index in [1.807, 2.05) is 0 Å². The van der Waals surface area contributed by atoms with E-state index in [9.17, 15) is 4.79 Å². The van der Waals surface area contributed by atoms with Gasteiger partial charge in [0, 0.05) is 6.61 Å². The fraction of sp³-hybridized carbons (Fsp3) is 0.417. The van der Waals surface area contributed by atoms with Gasteiger partial charge in [-0.2, -0.15) is 0 Å². The lowest BCUT2D eigenvalue weighted by Crippen LogP contribution is -2.28. The molecule has 0 spiro atoms. The average molecular weight is 301 g/mol. The molecule has 2 rings (SSSR count). The van der Waals surface area contributed by atoms with Gasteiger partial charge in [0.2, 0.25) is 0 Å². The second kappa shape index (κ2) is 5.51. The van der Waals surface area contributed by atoms with Gasteiger partial charge in [-0.1, -0.05) is 6.07 Å². The molecular formula is C12H13BrO4. The van der Waals surface area contributed by atoms with Crippen LogP contribution in [0.3, 0.4) is 0 Å². The van der Waals surface area contributed by atoms with E-state index >= 15 is 0 Å². The molecule has 0 aliphatic carbocycles. The molecule has 0 amide bonds. The topological polar surface area (TPSA) is 55.8 Å². The molecule has 92 valence electrons. The first-order valence-corrected chi connectivity index (χ1v) is 6.24. The molecule has 0 aromatic heterocycles. The van der Waals surface area contributed by atoms with Crippen molar-refractivity contribution >= 4 is 21.9 Å². The molecule has 0 bridgehead atoms. The normalized spacial score (nSPS) is 19.9. The first kappa shape index (κ1) is 12.4. The molecule has 17 heavy (non-hydrogen) atoms. The molecule has 1 unspecified atom stereocenters. The van der Waals surface area contributed by atoms with E-state index in [4.69, 9.17) is 14.6 Å². The summed E-state index contributed by atoms with van der Waals surface area (Å²) >= 11 is 3.31. The lowest BCUT2D eigenvalue weighted by atomic mass is 10.1. The highest BCUT2D eigenvalue weighted by Gasteiger charge is 2.20. The number of carboxylic acids is 1. The van der Waals surface area contributed by atoms with E-state index in [2.05, 4.69) is 15.9 Å². The van der Waals surface area contributed by atoms with Gasteiger partial charge in [-0.25, -0.2) is 4.79 Å². The summed E-state index contributed by atoms with van der Waals surface area (Å²) in [5.41, 5.74) is 0.171. The number of rotatable bonds is 3. The zero-order chi connectivity index (χ0) is 12.3. The highest BCUT2D eigenvalue weighted by atomic mass is 79.9. The third-order valence-electron chi connectivity index (χ3n) is 2.60. The fourth-order valence-electron chi connectivity index (χ4n) is 1.77. The summed E-state index contributed by atoms with van der Waals surface area (Å²) in [4.78, 5) is 11.1. The van der Waals surface area contributed by atoms with Gasteiger partial charge >= 0.3 is 5.97 Å². The molecule has 1 fully saturated rings. The Morgan fingerprint density at radius 1 is 1.53 bits per heavy atom. The van der Waals surface area contributed by atoms with Crippen LogP contribution in [0.2, 0.25) is 0 Å². The van der Waals surface area contributed by atoms with E-state index in [0.29, 0.717) is 16.8 Å². The Bertz CT molecular complexity index is 413. The Hall–Kier alpha value is -1.07. The molecular weight excluding hydrogens is 288 g/mol. The number of hydrogen-bond acceptors (Lipinski definition) is 3. The summed E-state index contributed by atoms with van der Waals surface area (Å²) in [6, 6.07) is 4.98. The Morgan fingerprint density at radius 2 is 2.35 bits per heavy atom. The smallest absolute Gasteiger partial charge is 0.339 e. The van der Waals surface area contributed by atoms with Crippen LogP contribution in [0.25, 0.3) is 0 Å². The highest BCUT2D eigenvalue weighted by Crippen LogP contribution is 2.31. The Labute approximate surface area is 108 Å². The van der Waals surface area contributed by atoms with Crippen LogP contribution < -0.4 is 4.74 Å². The van der Waals surface area contributed by atoms with Crippen LogP contribution in [-0.2, 0) is 4.74 Å². The maximum Gasteiger partial charge on any atom is 0.339 e. The Morgan fingerprint density at radius 3 is 3.00 bits per heavy atom. The van der Waals surface area contributed by atoms with Gasteiger partial charge in [-0.05, 0) is 40.9 Å². The molecule has 0 radical (unpaired) electrons. The minimum absolute atomic E-state index is 0.0689. The number of ether oxygens (including phenoxy) is 2. The van der Waals surface area contributed by atoms with Crippen LogP contribution in [-0.4, -0.2) is 30.4 Å². The van der Waals surface area contributed by atoms with Gasteiger partial charge in [0.25, 0.3) is 0 Å². The molecule has 1 aromatic carbocycles. The second-order valence-corrected chi connectivity index (χ2v) is 4.73. The van der Waals surface area contributed by atoms with Gasteiger partial charge in [0.05, 0.1) is 11.1 Å². The van der Waals surface area contributed by atoms with E-state index in [1.54, 1.807) is 12.1 Å².